The van der Waals surface area contributed by atoms with Crippen LogP contribution in [0.2, 0.25) is 0 Å². The fraction of sp³-hybridized carbons (Fsp3) is 0.368. The summed E-state index contributed by atoms with van der Waals surface area (Å²) in [5, 5.41) is 10.4. The monoisotopic (exact) mass is 392 g/mol. The fourth-order valence-corrected chi connectivity index (χ4v) is 2.98. The molecule has 2 aromatic rings. The Morgan fingerprint density at radius 1 is 1.00 bits per heavy atom. The van der Waals surface area contributed by atoms with Crippen molar-refractivity contribution in [3.8, 4) is 5.75 Å². The van der Waals surface area contributed by atoms with Crippen LogP contribution in [0.15, 0.2) is 36.4 Å². The van der Waals surface area contributed by atoms with Crippen LogP contribution in [0.1, 0.15) is 30.4 Å². The van der Waals surface area contributed by atoms with E-state index < -0.39 is 48.0 Å². The Morgan fingerprint density at radius 2 is 1.67 bits per heavy atom. The maximum atomic E-state index is 13.6. The van der Waals surface area contributed by atoms with Gasteiger partial charge in [0.1, 0.15) is 11.6 Å². The highest BCUT2D eigenvalue weighted by atomic mass is 19.4. The SMILES string of the molecule is COc1ccc(F)cc1C(C)CC(O)(Cc1ccc(F)c(F)c1)C(F)(F)F. The van der Waals surface area contributed by atoms with Gasteiger partial charge in [-0.05, 0) is 53.8 Å². The van der Waals surface area contributed by atoms with Crippen LogP contribution < -0.4 is 4.74 Å². The molecule has 0 aromatic heterocycles. The van der Waals surface area contributed by atoms with Gasteiger partial charge in [0, 0.05) is 6.42 Å². The van der Waals surface area contributed by atoms with E-state index >= 15 is 0 Å². The zero-order valence-corrected chi connectivity index (χ0v) is 14.6. The molecule has 0 saturated carbocycles. The second-order valence-corrected chi connectivity index (χ2v) is 6.45. The molecule has 0 fully saturated rings. The number of ether oxygens (including phenoxy) is 1. The van der Waals surface area contributed by atoms with Crippen molar-refractivity contribution in [2.24, 2.45) is 0 Å². The number of aliphatic hydroxyl groups is 1. The number of benzene rings is 2. The lowest BCUT2D eigenvalue weighted by Crippen LogP contribution is -2.48. The molecule has 0 radical (unpaired) electrons. The molecule has 2 atom stereocenters. The third kappa shape index (κ3) is 4.74. The van der Waals surface area contributed by atoms with Crippen LogP contribution in [0, 0.1) is 17.5 Å². The van der Waals surface area contributed by atoms with Crippen molar-refractivity contribution >= 4 is 0 Å². The Morgan fingerprint density at radius 3 is 2.22 bits per heavy atom. The molecule has 148 valence electrons. The first-order valence-electron chi connectivity index (χ1n) is 8.03. The quantitative estimate of drug-likeness (QED) is 0.690. The summed E-state index contributed by atoms with van der Waals surface area (Å²) in [6, 6.07) is 5.70. The van der Waals surface area contributed by atoms with E-state index in [4.69, 9.17) is 4.74 Å². The molecule has 0 aliphatic rings. The van der Waals surface area contributed by atoms with Crippen molar-refractivity contribution in [3.63, 3.8) is 0 Å². The van der Waals surface area contributed by atoms with E-state index in [2.05, 4.69) is 0 Å². The highest BCUT2D eigenvalue weighted by molar-refractivity contribution is 5.37. The van der Waals surface area contributed by atoms with Gasteiger partial charge in [-0.2, -0.15) is 13.2 Å². The van der Waals surface area contributed by atoms with Crippen LogP contribution in [0.25, 0.3) is 0 Å². The van der Waals surface area contributed by atoms with E-state index in [1.54, 1.807) is 0 Å². The van der Waals surface area contributed by atoms with Gasteiger partial charge in [0.2, 0.25) is 0 Å². The molecular formula is C19H18F6O2. The maximum absolute atomic E-state index is 13.6. The van der Waals surface area contributed by atoms with Crippen LogP contribution in [0.3, 0.4) is 0 Å². The second kappa shape index (κ2) is 7.80. The lowest BCUT2D eigenvalue weighted by Gasteiger charge is -2.33. The minimum atomic E-state index is -5.05. The van der Waals surface area contributed by atoms with Crippen LogP contribution in [-0.2, 0) is 6.42 Å². The van der Waals surface area contributed by atoms with E-state index in [1.807, 2.05) is 0 Å². The number of halogens is 6. The molecule has 1 N–H and O–H groups in total. The molecule has 0 aliphatic carbocycles. The zero-order chi connectivity index (χ0) is 20.4. The second-order valence-electron chi connectivity index (χ2n) is 6.45. The first-order valence-corrected chi connectivity index (χ1v) is 8.03. The van der Waals surface area contributed by atoms with Crippen LogP contribution in [-0.4, -0.2) is 24.0 Å². The molecule has 8 heteroatoms. The largest absolute Gasteiger partial charge is 0.496 e. The lowest BCUT2D eigenvalue weighted by molar-refractivity contribution is -0.263. The topological polar surface area (TPSA) is 29.5 Å². The Balaban J connectivity index is 2.36. The minimum Gasteiger partial charge on any atom is -0.496 e. The summed E-state index contributed by atoms with van der Waals surface area (Å²) >= 11 is 0. The average Bonchev–Trinajstić information content (AvgIpc) is 2.57. The predicted molar refractivity (Wildman–Crippen MR) is 87.1 cm³/mol. The predicted octanol–water partition coefficient (Wildman–Crippen LogP) is 5.14. The molecule has 2 nitrogen and oxygen atoms in total. The number of rotatable bonds is 6. The zero-order valence-electron chi connectivity index (χ0n) is 14.6. The molecule has 0 bridgehead atoms. The van der Waals surface area contributed by atoms with Crippen molar-refractivity contribution in [3.05, 3.63) is 65.0 Å². The molecule has 0 spiro atoms. The first kappa shape index (κ1) is 21.1. The summed E-state index contributed by atoms with van der Waals surface area (Å²) in [7, 11) is 1.29. The van der Waals surface area contributed by atoms with E-state index in [0.29, 0.717) is 12.1 Å². The highest BCUT2D eigenvalue weighted by Gasteiger charge is 2.54. The lowest BCUT2D eigenvalue weighted by atomic mass is 9.82. The summed E-state index contributed by atoms with van der Waals surface area (Å²) in [5.41, 5.74) is -3.29. The van der Waals surface area contributed by atoms with Gasteiger partial charge in [-0.15, -0.1) is 0 Å². The minimum absolute atomic E-state index is 0.158. The fourth-order valence-electron chi connectivity index (χ4n) is 2.98. The van der Waals surface area contributed by atoms with Crippen molar-refractivity contribution in [2.75, 3.05) is 7.11 Å². The Kier molecular flexibility index (Phi) is 6.09. The van der Waals surface area contributed by atoms with Gasteiger partial charge in [0.25, 0.3) is 0 Å². The molecule has 0 amide bonds. The van der Waals surface area contributed by atoms with Crippen LogP contribution in [0.5, 0.6) is 5.75 Å². The maximum Gasteiger partial charge on any atom is 0.417 e. The number of hydrogen-bond donors (Lipinski definition) is 1. The number of alkyl halides is 3. The van der Waals surface area contributed by atoms with E-state index in [9.17, 15) is 31.4 Å². The van der Waals surface area contributed by atoms with Gasteiger partial charge in [-0.1, -0.05) is 13.0 Å². The third-order valence-corrected chi connectivity index (χ3v) is 4.37. The molecule has 0 heterocycles. The summed E-state index contributed by atoms with van der Waals surface area (Å²) < 4.78 is 85.7. The van der Waals surface area contributed by atoms with Gasteiger partial charge >= 0.3 is 6.18 Å². The van der Waals surface area contributed by atoms with E-state index in [-0.39, 0.29) is 16.9 Å². The van der Waals surface area contributed by atoms with Crippen molar-refractivity contribution in [1.82, 2.24) is 0 Å². The molecule has 27 heavy (non-hydrogen) atoms. The van der Waals surface area contributed by atoms with Gasteiger partial charge in [0.05, 0.1) is 7.11 Å². The number of methoxy groups -OCH3 is 1. The van der Waals surface area contributed by atoms with Crippen LogP contribution >= 0.6 is 0 Å². The Labute approximate surface area is 152 Å². The Hall–Kier alpha value is -2.22. The van der Waals surface area contributed by atoms with Gasteiger partial charge in [0.15, 0.2) is 17.2 Å². The molecule has 2 unspecified atom stereocenters. The highest BCUT2D eigenvalue weighted by Crippen LogP contribution is 2.42. The smallest absolute Gasteiger partial charge is 0.417 e. The molecule has 0 aliphatic heterocycles. The Bertz CT molecular complexity index is 805. The van der Waals surface area contributed by atoms with Gasteiger partial charge in [-0.25, -0.2) is 13.2 Å². The standard InChI is InChI=1S/C19H18F6O2/c1-11(14-8-13(20)4-6-17(14)27-2)9-18(26,19(23,24)25)10-12-3-5-15(21)16(22)7-12/h3-8,11,26H,9-10H2,1-2H3. The van der Waals surface area contributed by atoms with Crippen LogP contribution in [0.4, 0.5) is 26.3 Å². The molecule has 0 saturated heterocycles. The molecule has 2 rings (SSSR count). The summed E-state index contributed by atoms with van der Waals surface area (Å²) in [6.07, 6.45) is -6.85. The number of hydrogen-bond acceptors (Lipinski definition) is 2. The average molecular weight is 392 g/mol. The molecular weight excluding hydrogens is 374 g/mol. The first-order chi connectivity index (χ1) is 12.5. The van der Waals surface area contributed by atoms with Crippen molar-refractivity contribution < 1.29 is 36.2 Å². The summed E-state index contributed by atoms with van der Waals surface area (Å²) in [5.74, 6) is -3.92. The van der Waals surface area contributed by atoms with Crippen molar-refractivity contribution in [1.29, 1.82) is 0 Å². The van der Waals surface area contributed by atoms with Gasteiger partial charge < -0.3 is 9.84 Å². The van der Waals surface area contributed by atoms with Gasteiger partial charge in [-0.3, -0.25) is 0 Å². The summed E-state index contributed by atoms with van der Waals surface area (Å²) in [6.45, 7) is 1.39. The van der Waals surface area contributed by atoms with E-state index in [0.717, 1.165) is 18.2 Å². The van der Waals surface area contributed by atoms with E-state index in [1.165, 1.54) is 20.1 Å². The normalized spacial score (nSPS) is 15.3. The third-order valence-electron chi connectivity index (χ3n) is 4.37. The van der Waals surface area contributed by atoms with Crippen molar-refractivity contribution in [2.45, 2.75) is 37.5 Å². The molecule has 2 aromatic carbocycles. The summed E-state index contributed by atoms with van der Waals surface area (Å²) in [4.78, 5) is 0.